The Bertz CT molecular complexity index is 995. The number of aromatic nitrogens is 4. The number of ether oxygens (including phenoxy) is 1. The van der Waals surface area contributed by atoms with Crippen molar-refractivity contribution in [2.75, 3.05) is 6.54 Å². The van der Waals surface area contributed by atoms with E-state index in [4.69, 9.17) is 10.5 Å². The number of nitriles is 1. The maximum atomic E-state index is 12.6. The lowest BCUT2D eigenvalue weighted by Crippen LogP contribution is -2.06. The highest BCUT2D eigenvalue weighted by Gasteiger charge is 2.15. The summed E-state index contributed by atoms with van der Waals surface area (Å²) in [7, 11) is 0. The van der Waals surface area contributed by atoms with Gasteiger partial charge in [-0.05, 0) is 43.7 Å². The smallest absolute Gasteiger partial charge is 0.257 e. The zero-order valence-electron chi connectivity index (χ0n) is 15.1. The first-order chi connectivity index (χ1) is 13.5. The van der Waals surface area contributed by atoms with Crippen LogP contribution in [-0.2, 0) is 13.0 Å². The summed E-state index contributed by atoms with van der Waals surface area (Å²) in [5.74, 6) is 1.07. The van der Waals surface area contributed by atoms with Crippen LogP contribution in [-0.4, -0.2) is 32.7 Å². The van der Waals surface area contributed by atoms with Gasteiger partial charge in [-0.1, -0.05) is 0 Å². The topological polar surface area (TPSA) is 103 Å². The van der Waals surface area contributed by atoms with Crippen LogP contribution in [0.1, 0.15) is 16.8 Å². The fourth-order valence-corrected chi connectivity index (χ4v) is 2.60. The minimum atomic E-state index is -2.52. The van der Waals surface area contributed by atoms with Gasteiger partial charge in [0.1, 0.15) is 18.0 Å². The number of rotatable bonds is 7. The van der Waals surface area contributed by atoms with Crippen molar-refractivity contribution in [1.29, 1.82) is 5.26 Å². The van der Waals surface area contributed by atoms with Gasteiger partial charge < -0.3 is 10.5 Å². The lowest BCUT2D eigenvalue weighted by molar-refractivity contribution is 0.121. The Kier molecular flexibility index (Phi) is 5.91. The second-order valence-electron chi connectivity index (χ2n) is 6.07. The van der Waals surface area contributed by atoms with Crippen LogP contribution in [0, 0.1) is 18.3 Å². The average Bonchev–Trinajstić information content (AvgIpc) is 3.01. The maximum Gasteiger partial charge on any atom is 0.257 e. The van der Waals surface area contributed by atoms with Crippen molar-refractivity contribution in [3.8, 4) is 29.0 Å². The van der Waals surface area contributed by atoms with Crippen LogP contribution in [0.4, 0.5) is 8.78 Å². The van der Waals surface area contributed by atoms with E-state index in [1.807, 2.05) is 6.07 Å². The van der Waals surface area contributed by atoms with Crippen LogP contribution in [0.3, 0.4) is 0 Å². The molecule has 144 valence electrons. The van der Waals surface area contributed by atoms with Crippen LogP contribution >= 0.6 is 0 Å². The number of alkyl halides is 2. The van der Waals surface area contributed by atoms with E-state index in [1.54, 1.807) is 37.5 Å². The van der Waals surface area contributed by atoms with E-state index in [0.29, 0.717) is 47.1 Å². The Morgan fingerprint density at radius 1 is 1.25 bits per heavy atom. The molecule has 2 heterocycles. The minimum absolute atomic E-state index is 0.316. The lowest BCUT2D eigenvalue weighted by Gasteiger charge is -2.10. The summed E-state index contributed by atoms with van der Waals surface area (Å²) in [6.07, 6.45) is 2.91. The third-order valence-electron chi connectivity index (χ3n) is 3.94. The molecule has 2 aromatic heterocycles. The summed E-state index contributed by atoms with van der Waals surface area (Å²) in [4.78, 5) is 8.69. The summed E-state index contributed by atoms with van der Waals surface area (Å²) in [6.45, 7) is 1.63. The number of hydrogen-bond donors (Lipinski definition) is 1. The Balaban J connectivity index is 1.96. The van der Waals surface area contributed by atoms with Crippen molar-refractivity contribution in [2.24, 2.45) is 5.73 Å². The third kappa shape index (κ3) is 4.47. The summed E-state index contributed by atoms with van der Waals surface area (Å²) in [5.41, 5.74) is 7.85. The fourth-order valence-electron chi connectivity index (χ4n) is 2.60. The average molecular weight is 384 g/mol. The molecule has 3 aromatic rings. The standard InChI is InChI=1S/C19H18F2N6O/c1-12-17(10-27(26-12)11-18(20)21)28-16-6-13(7-23)2-3-15(16)19-24-8-14(4-5-22)9-25-19/h2-3,6,8-10,18H,4-5,11,22H2,1H3. The number of nitrogens with two attached hydrogens (primary N) is 1. The Morgan fingerprint density at radius 2 is 2.00 bits per heavy atom. The predicted octanol–water partition coefficient (Wildman–Crippen LogP) is 3.08. The highest BCUT2D eigenvalue weighted by Crippen LogP contribution is 2.33. The van der Waals surface area contributed by atoms with Gasteiger partial charge in [-0.25, -0.2) is 18.7 Å². The van der Waals surface area contributed by atoms with Gasteiger partial charge in [0, 0.05) is 12.4 Å². The molecular formula is C19H18F2N6O. The van der Waals surface area contributed by atoms with Crippen LogP contribution < -0.4 is 10.5 Å². The van der Waals surface area contributed by atoms with Gasteiger partial charge in [0.25, 0.3) is 6.43 Å². The lowest BCUT2D eigenvalue weighted by atomic mass is 10.1. The summed E-state index contributed by atoms with van der Waals surface area (Å²) < 4.78 is 32.2. The molecule has 7 nitrogen and oxygen atoms in total. The normalized spacial score (nSPS) is 10.9. The Labute approximate surface area is 160 Å². The SMILES string of the molecule is Cc1nn(CC(F)F)cc1Oc1cc(C#N)ccc1-c1ncc(CCN)cn1. The molecule has 1 aromatic carbocycles. The molecule has 28 heavy (non-hydrogen) atoms. The van der Waals surface area contributed by atoms with E-state index in [-0.39, 0.29) is 0 Å². The number of hydrogen-bond acceptors (Lipinski definition) is 6. The van der Waals surface area contributed by atoms with E-state index in [2.05, 4.69) is 15.1 Å². The van der Waals surface area contributed by atoms with E-state index >= 15 is 0 Å². The molecule has 0 atom stereocenters. The largest absolute Gasteiger partial charge is 0.453 e. The van der Waals surface area contributed by atoms with Gasteiger partial charge >= 0.3 is 0 Å². The molecule has 0 aliphatic heterocycles. The molecule has 0 radical (unpaired) electrons. The molecule has 0 unspecified atom stereocenters. The minimum Gasteiger partial charge on any atom is -0.453 e. The van der Waals surface area contributed by atoms with Crippen LogP contribution in [0.15, 0.2) is 36.8 Å². The van der Waals surface area contributed by atoms with Gasteiger partial charge in [0.2, 0.25) is 0 Å². The van der Waals surface area contributed by atoms with Crippen LogP contribution in [0.25, 0.3) is 11.4 Å². The molecule has 0 aliphatic carbocycles. The zero-order valence-corrected chi connectivity index (χ0v) is 15.1. The fraction of sp³-hybridized carbons (Fsp3) is 0.263. The molecule has 2 N–H and O–H groups in total. The second-order valence-corrected chi connectivity index (χ2v) is 6.07. The van der Waals surface area contributed by atoms with Crippen molar-refractivity contribution in [3.05, 3.63) is 53.6 Å². The first-order valence-corrected chi connectivity index (χ1v) is 8.55. The molecular weight excluding hydrogens is 366 g/mol. The monoisotopic (exact) mass is 384 g/mol. The van der Waals surface area contributed by atoms with Gasteiger partial charge in [0.05, 0.1) is 23.4 Å². The van der Waals surface area contributed by atoms with Crippen molar-refractivity contribution in [2.45, 2.75) is 26.3 Å². The van der Waals surface area contributed by atoms with Crippen molar-refractivity contribution in [1.82, 2.24) is 19.7 Å². The third-order valence-corrected chi connectivity index (χ3v) is 3.94. The van der Waals surface area contributed by atoms with Gasteiger partial charge in [-0.2, -0.15) is 10.4 Å². The number of nitrogens with zero attached hydrogens (tertiary/aromatic N) is 5. The number of benzene rings is 1. The molecule has 0 amide bonds. The molecule has 0 spiro atoms. The number of halogens is 2. The maximum absolute atomic E-state index is 12.6. The highest BCUT2D eigenvalue weighted by atomic mass is 19.3. The van der Waals surface area contributed by atoms with Gasteiger partial charge in [0.15, 0.2) is 11.6 Å². The molecule has 0 bridgehead atoms. The van der Waals surface area contributed by atoms with Gasteiger partial charge in [-0.3, -0.25) is 4.68 Å². The number of aryl methyl sites for hydroxylation is 1. The van der Waals surface area contributed by atoms with Gasteiger partial charge in [-0.15, -0.1) is 0 Å². The molecule has 0 aliphatic rings. The Hall–Kier alpha value is -3.38. The first kappa shape index (κ1) is 19.4. The van der Waals surface area contributed by atoms with Crippen LogP contribution in [0.2, 0.25) is 0 Å². The quantitative estimate of drug-likeness (QED) is 0.671. The first-order valence-electron chi connectivity index (χ1n) is 8.55. The molecule has 3 rings (SSSR count). The van der Waals surface area contributed by atoms with E-state index in [0.717, 1.165) is 10.2 Å². The second kappa shape index (κ2) is 8.54. The molecule has 9 heteroatoms. The van der Waals surface area contributed by atoms with E-state index in [1.165, 1.54) is 6.20 Å². The predicted molar refractivity (Wildman–Crippen MR) is 98.0 cm³/mol. The molecule has 0 saturated heterocycles. The summed E-state index contributed by atoms with van der Waals surface area (Å²) in [6, 6.07) is 6.92. The van der Waals surface area contributed by atoms with Crippen molar-refractivity contribution < 1.29 is 13.5 Å². The zero-order chi connectivity index (χ0) is 20.1. The Morgan fingerprint density at radius 3 is 2.64 bits per heavy atom. The van der Waals surface area contributed by atoms with Crippen molar-refractivity contribution in [3.63, 3.8) is 0 Å². The van der Waals surface area contributed by atoms with E-state index < -0.39 is 13.0 Å². The molecule has 0 fully saturated rings. The van der Waals surface area contributed by atoms with E-state index in [9.17, 15) is 14.0 Å². The summed E-state index contributed by atoms with van der Waals surface area (Å²) in [5, 5.41) is 13.2. The van der Waals surface area contributed by atoms with Crippen LogP contribution in [0.5, 0.6) is 11.5 Å². The highest BCUT2D eigenvalue weighted by molar-refractivity contribution is 5.66. The molecule has 0 saturated carbocycles. The van der Waals surface area contributed by atoms with Crippen molar-refractivity contribution >= 4 is 0 Å². The summed E-state index contributed by atoms with van der Waals surface area (Å²) >= 11 is 0.